The highest BCUT2D eigenvalue weighted by Crippen LogP contribution is 2.40. The average molecular weight is 351 g/mol. The fourth-order valence-electron chi connectivity index (χ4n) is 3.92. The Kier molecular flexibility index (Phi) is 5.03. The number of rotatable bonds is 4. The van der Waals surface area contributed by atoms with Crippen LogP contribution < -0.4 is 5.73 Å². The molecule has 2 aliphatic rings. The summed E-state index contributed by atoms with van der Waals surface area (Å²) in [4.78, 5) is 28.4. The summed E-state index contributed by atoms with van der Waals surface area (Å²) >= 11 is 0. The van der Waals surface area contributed by atoms with Gasteiger partial charge in [0, 0.05) is 44.7 Å². The highest BCUT2D eigenvalue weighted by atomic mass is 19.2. The number of benzene rings is 1. The van der Waals surface area contributed by atoms with Gasteiger partial charge in [-0.05, 0) is 25.3 Å². The Morgan fingerprint density at radius 2 is 2.04 bits per heavy atom. The third-order valence-corrected chi connectivity index (χ3v) is 5.28. The number of hydrogen-bond acceptors (Lipinski definition) is 3. The van der Waals surface area contributed by atoms with Gasteiger partial charge >= 0.3 is 0 Å². The van der Waals surface area contributed by atoms with E-state index in [2.05, 4.69) is 0 Å². The highest BCUT2D eigenvalue weighted by Gasteiger charge is 2.49. The minimum Gasteiger partial charge on any atom is -0.342 e. The van der Waals surface area contributed by atoms with Crippen LogP contribution in [0.1, 0.15) is 31.2 Å². The Labute approximate surface area is 145 Å². The number of amides is 2. The van der Waals surface area contributed by atoms with Crippen LogP contribution in [0.3, 0.4) is 0 Å². The molecule has 3 rings (SSSR count). The van der Waals surface area contributed by atoms with Gasteiger partial charge in [-0.2, -0.15) is 0 Å². The Hall–Kier alpha value is -2.02. The van der Waals surface area contributed by atoms with Crippen LogP contribution in [0, 0.1) is 17.0 Å². The SMILES string of the molecule is NCCC(=O)N1CCC2(CCCN(Cc3cccc(F)c3F)C2=O)C1. The fourth-order valence-corrected chi connectivity index (χ4v) is 3.92. The second kappa shape index (κ2) is 7.07. The van der Waals surface area contributed by atoms with Crippen LogP contribution in [0.4, 0.5) is 8.78 Å². The summed E-state index contributed by atoms with van der Waals surface area (Å²) in [5, 5.41) is 0. The van der Waals surface area contributed by atoms with E-state index >= 15 is 0 Å². The van der Waals surface area contributed by atoms with Crippen molar-refractivity contribution in [3.05, 3.63) is 35.4 Å². The Balaban J connectivity index is 1.73. The summed E-state index contributed by atoms with van der Waals surface area (Å²) in [6, 6.07) is 4.01. The van der Waals surface area contributed by atoms with Gasteiger partial charge in [-0.25, -0.2) is 8.78 Å². The molecule has 7 heteroatoms. The third-order valence-electron chi connectivity index (χ3n) is 5.28. The first kappa shape index (κ1) is 17.8. The van der Waals surface area contributed by atoms with Crippen molar-refractivity contribution in [2.75, 3.05) is 26.2 Å². The molecule has 2 amide bonds. The number of piperidine rings is 1. The van der Waals surface area contributed by atoms with Crippen molar-refractivity contribution in [2.45, 2.75) is 32.2 Å². The molecule has 5 nitrogen and oxygen atoms in total. The quantitative estimate of drug-likeness (QED) is 0.897. The molecule has 1 unspecified atom stereocenters. The first-order valence-electron chi connectivity index (χ1n) is 8.67. The Morgan fingerprint density at radius 1 is 1.24 bits per heavy atom. The lowest BCUT2D eigenvalue weighted by molar-refractivity contribution is -0.146. The van der Waals surface area contributed by atoms with Gasteiger partial charge in [-0.1, -0.05) is 12.1 Å². The van der Waals surface area contributed by atoms with Crippen LogP contribution in [-0.2, 0) is 16.1 Å². The molecule has 2 saturated heterocycles. The van der Waals surface area contributed by atoms with E-state index in [0.717, 1.165) is 18.9 Å². The van der Waals surface area contributed by atoms with Gasteiger partial charge in [0.1, 0.15) is 0 Å². The number of hydrogen-bond donors (Lipinski definition) is 1. The smallest absolute Gasteiger partial charge is 0.230 e. The molecule has 2 aliphatic heterocycles. The second-order valence-corrected chi connectivity index (χ2v) is 6.93. The molecule has 1 aromatic carbocycles. The molecule has 2 heterocycles. The number of nitrogens with two attached hydrogens (primary N) is 1. The zero-order valence-corrected chi connectivity index (χ0v) is 14.1. The predicted molar refractivity (Wildman–Crippen MR) is 88.3 cm³/mol. The molecule has 0 aliphatic carbocycles. The van der Waals surface area contributed by atoms with E-state index in [1.54, 1.807) is 9.80 Å². The van der Waals surface area contributed by atoms with Crippen molar-refractivity contribution in [1.82, 2.24) is 9.80 Å². The van der Waals surface area contributed by atoms with Crippen LogP contribution in [0.5, 0.6) is 0 Å². The number of likely N-dealkylation sites (tertiary alicyclic amines) is 2. The van der Waals surface area contributed by atoms with E-state index in [0.29, 0.717) is 32.6 Å². The summed E-state index contributed by atoms with van der Waals surface area (Å²) in [5.74, 6) is -1.90. The second-order valence-electron chi connectivity index (χ2n) is 6.93. The molecule has 25 heavy (non-hydrogen) atoms. The molecule has 0 radical (unpaired) electrons. The van der Waals surface area contributed by atoms with Crippen molar-refractivity contribution >= 4 is 11.8 Å². The predicted octanol–water partition coefficient (Wildman–Crippen LogP) is 1.65. The van der Waals surface area contributed by atoms with Crippen LogP contribution in [0.2, 0.25) is 0 Å². The molecule has 1 spiro atoms. The topological polar surface area (TPSA) is 66.6 Å². The molecule has 2 fully saturated rings. The lowest BCUT2D eigenvalue weighted by Crippen LogP contribution is -2.50. The van der Waals surface area contributed by atoms with Gasteiger partial charge < -0.3 is 15.5 Å². The van der Waals surface area contributed by atoms with Crippen LogP contribution in [0.25, 0.3) is 0 Å². The molecule has 0 saturated carbocycles. The van der Waals surface area contributed by atoms with Crippen molar-refractivity contribution in [3.8, 4) is 0 Å². The minimum atomic E-state index is -0.906. The van der Waals surface area contributed by atoms with E-state index in [1.165, 1.54) is 12.1 Å². The first-order chi connectivity index (χ1) is 12.0. The zero-order valence-electron chi connectivity index (χ0n) is 14.1. The lowest BCUT2D eigenvalue weighted by atomic mass is 9.78. The van der Waals surface area contributed by atoms with Crippen LogP contribution in [-0.4, -0.2) is 47.8 Å². The molecule has 136 valence electrons. The van der Waals surface area contributed by atoms with E-state index in [-0.39, 0.29) is 30.3 Å². The van der Waals surface area contributed by atoms with E-state index in [9.17, 15) is 18.4 Å². The normalized spacial score (nSPS) is 23.6. The van der Waals surface area contributed by atoms with Gasteiger partial charge in [-0.15, -0.1) is 0 Å². The van der Waals surface area contributed by atoms with E-state index in [1.807, 2.05) is 0 Å². The number of halogens is 2. The number of carbonyl (C=O) groups excluding carboxylic acids is 2. The van der Waals surface area contributed by atoms with Crippen molar-refractivity contribution < 1.29 is 18.4 Å². The maximum absolute atomic E-state index is 13.9. The van der Waals surface area contributed by atoms with Crippen LogP contribution >= 0.6 is 0 Å². The fraction of sp³-hybridized carbons (Fsp3) is 0.556. The van der Waals surface area contributed by atoms with E-state index in [4.69, 9.17) is 5.73 Å². The van der Waals surface area contributed by atoms with E-state index < -0.39 is 17.0 Å². The molecular formula is C18H23F2N3O2. The minimum absolute atomic E-state index is 0.0273. The summed E-state index contributed by atoms with van der Waals surface area (Å²) < 4.78 is 27.3. The van der Waals surface area contributed by atoms with Gasteiger partial charge in [0.15, 0.2) is 11.6 Å². The number of nitrogens with zero attached hydrogens (tertiary/aromatic N) is 2. The van der Waals surface area contributed by atoms with Crippen molar-refractivity contribution in [3.63, 3.8) is 0 Å². The summed E-state index contributed by atoms with van der Waals surface area (Å²) in [7, 11) is 0. The van der Waals surface area contributed by atoms with Gasteiger partial charge in [0.05, 0.1) is 5.41 Å². The molecule has 2 N–H and O–H groups in total. The number of carbonyl (C=O) groups is 2. The largest absolute Gasteiger partial charge is 0.342 e. The van der Waals surface area contributed by atoms with Gasteiger partial charge in [-0.3, -0.25) is 9.59 Å². The molecular weight excluding hydrogens is 328 g/mol. The first-order valence-corrected chi connectivity index (χ1v) is 8.67. The standard InChI is InChI=1S/C18H23F2N3O2/c19-14-4-1-3-13(16(14)20)11-22-9-2-6-18(17(22)25)7-10-23(12-18)15(24)5-8-21/h1,3-4H,2,5-12,21H2. The van der Waals surface area contributed by atoms with Crippen LogP contribution in [0.15, 0.2) is 18.2 Å². The zero-order chi connectivity index (χ0) is 18.0. The third kappa shape index (κ3) is 3.38. The monoisotopic (exact) mass is 351 g/mol. The highest BCUT2D eigenvalue weighted by molar-refractivity contribution is 5.86. The van der Waals surface area contributed by atoms with Crippen molar-refractivity contribution in [1.29, 1.82) is 0 Å². The molecule has 0 aromatic heterocycles. The van der Waals surface area contributed by atoms with Crippen molar-refractivity contribution in [2.24, 2.45) is 11.1 Å². The Bertz CT molecular complexity index is 682. The van der Waals surface area contributed by atoms with Gasteiger partial charge in [0.2, 0.25) is 11.8 Å². The summed E-state index contributed by atoms with van der Waals surface area (Å²) in [5.41, 5.74) is 5.03. The molecule has 0 bridgehead atoms. The molecule has 1 atom stereocenters. The van der Waals surface area contributed by atoms with Gasteiger partial charge in [0.25, 0.3) is 0 Å². The Morgan fingerprint density at radius 3 is 2.80 bits per heavy atom. The maximum atomic E-state index is 13.9. The lowest BCUT2D eigenvalue weighted by Gasteiger charge is -2.39. The maximum Gasteiger partial charge on any atom is 0.230 e. The average Bonchev–Trinajstić information content (AvgIpc) is 3.02. The summed E-state index contributed by atoms with van der Waals surface area (Å²) in [6.45, 7) is 1.81. The summed E-state index contributed by atoms with van der Waals surface area (Å²) in [6.07, 6.45) is 2.41. The molecule has 1 aromatic rings.